The molecule has 2 rings (SSSR count). The van der Waals surface area contributed by atoms with Crippen LogP contribution in [0.25, 0.3) is 11.4 Å². The van der Waals surface area contributed by atoms with Gasteiger partial charge in [-0.2, -0.15) is 4.98 Å². The maximum absolute atomic E-state index is 11.2. The fourth-order valence-corrected chi connectivity index (χ4v) is 1.72. The van der Waals surface area contributed by atoms with E-state index in [1.165, 1.54) is 7.11 Å². The highest BCUT2D eigenvalue weighted by atomic mass is 79.9. The molecule has 0 aliphatic heterocycles. The Hall–Kier alpha value is -1.89. The molecule has 1 aromatic carbocycles. The van der Waals surface area contributed by atoms with Crippen LogP contribution in [0.4, 0.5) is 0 Å². The van der Waals surface area contributed by atoms with Crippen LogP contribution in [0.1, 0.15) is 10.7 Å². The molecule has 1 aromatic heterocycles. The number of esters is 1. The normalized spacial score (nSPS) is 10.2. The molecule has 0 unspecified atom stereocenters. The summed E-state index contributed by atoms with van der Waals surface area (Å²) in [6.07, 6.45) is 0. The zero-order chi connectivity index (χ0) is 13.1. The van der Waals surface area contributed by atoms with Crippen LogP contribution >= 0.6 is 15.9 Å². The molecule has 94 valence electrons. The summed E-state index contributed by atoms with van der Waals surface area (Å²) >= 11 is 3.34. The van der Waals surface area contributed by atoms with Crippen LogP contribution in [0.3, 0.4) is 0 Å². The maximum atomic E-state index is 11.2. The molecule has 0 saturated carbocycles. The van der Waals surface area contributed by atoms with E-state index in [2.05, 4.69) is 30.8 Å². The van der Waals surface area contributed by atoms with Crippen molar-refractivity contribution < 1.29 is 18.8 Å². The average molecular weight is 313 g/mol. The van der Waals surface area contributed by atoms with Crippen molar-refractivity contribution in [3.05, 3.63) is 28.6 Å². The summed E-state index contributed by atoms with van der Waals surface area (Å²) in [4.78, 5) is 15.1. The number of methoxy groups -OCH3 is 2. The van der Waals surface area contributed by atoms with Gasteiger partial charge in [0.2, 0.25) is 5.82 Å². The molecule has 2 aromatic rings. The Labute approximate surface area is 111 Å². The van der Waals surface area contributed by atoms with Gasteiger partial charge in [-0.15, -0.1) is 0 Å². The molecule has 6 nitrogen and oxygen atoms in total. The van der Waals surface area contributed by atoms with Crippen LogP contribution in [0.5, 0.6) is 5.75 Å². The Morgan fingerprint density at radius 1 is 1.39 bits per heavy atom. The Morgan fingerprint density at radius 3 is 2.83 bits per heavy atom. The van der Waals surface area contributed by atoms with E-state index in [1.807, 2.05) is 0 Å². The molecule has 0 radical (unpaired) electrons. The third-order valence-electron chi connectivity index (χ3n) is 2.20. The molecule has 18 heavy (non-hydrogen) atoms. The van der Waals surface area contributed by atoms with E-state index in [1.54, 1.807) is 25.3 Å². The third-order valence-corrected chi connectivity index (χ3v) is 2.85. The van der Waals surface area contributed by atoms with Gasteiger partial charge < -0.3 is 14.0 Å². The Bertz CT molecular complexity index is 582. The van der Waals surface area contributed by atoms with Gasteiger partial charge in [0.15, 0.2) is 0 Å². The predicted molar refractivity (Wildman–Crippen MR) is 65.3 cm³/mol. The van der Waals surface area contributed by atoms with E-state index in [-0.39, 0.29) is 5.89 Å². The van der Waals surface area contributed by atoms with Gasteiger partial charge in [-0.1, -0.05) is 5.16 Å². The third kappa shape index (κ3) is 2.35. The van der Waals surface area contributed by atoms with Crippen molar-refractivity contribution in [1.29, 1.82) is 0 Å². The predicted octanol–water partition coefficient (Wildman–Crippen LogP) is 2.29. The standard InChI is InChI=1S/C11H9BrN2O4/c1-16-8-5-6(3-4-7(8)12)9-13-10(18-14-9)11(15)17-2/h3-5H,1-2H3. The molecule has 0 spiro atoms. The second-order valence-corrected chi connectivity index (χ2v) is 4.12. The Kier molecular flexibility index (Phi) is 3.61. The van der Waals surface area contributed by atoms with E-state index in [9.17, 15) is 4.79 Å². The van der Waals surface area contributed by atoms with Gasteiger partial charge in [-0.3, -0.25) is 0 Å². The fourth-order valence-electron chi connectivity index (χ4n) is 1.31. The Morgan fingerprint density at radius 2 is 2.17 bits per heavy atom. The SMILES string of the molecule is COC(=O)c1nc(-c2ccc(Br)c(OC)c2)no1. The van der Waals surface area contributed by atoms with Crippen molar-refractivity contribution in [2.45, 2.75) is 0 Å². The zero-order valence-corrected chi connectivity index (χ0v) is 11.2. The monoisotopic (exact) mass is 312 g/mol. The fraction of sp³-hybridized carbons (Fsp3) is 0.182. The van der Waals surface area contributed by atoms with Gasteiger partial charge in [0.25, 0.3) is 0 Å². The number of aromatic nitrogens is 2. The molecule has 7 heteroatoms. The highest BCUT2D eigenvalue weighted by Gasteiger charge is 2.16. The number of halogens is 1. The van der Waals surface area contributed by atoms with E-state index < -0.39 is 5.97 Å². The van der Waals surface area contributed by atoms with Crippen molar-refractivity contribution in [2.75, 3.05) is 14.2 Å². The molecule has 1 heterocycles. The lowest BCUT2D eigenvalue weighted by atomic mass is 10.2. The molecular formula is C11H9BrN2O4. The molecule has 0 bridgehead atoms. The number of benzene rings is 1. The summed E-state index contributed by atoms with van der Waals surface area (Å²) in [6.45, 7) is 0. The minimum atomic E-state index is -0.669. The van der Waals surface area contributed by atoms with Gasteiger partial charge in [0.1, 0.15) is 5.75 Å². The van der Waals surface area contributed by atoms with Crippen LogP contribution in [0, 0.1) is 0 Å². The lowest BCUT2D eigenvalue weighted by molar-refractivity contribution is 0.0545. The van der Waals surface area contributed by atoms with Crippen molar-refractivity contribution in [1.82, 2.24) is 10.1 Å². The van der Waals surface area contributed by atoms with E-state index >= 15 is 0 Å². The molecule has 0 fully saturated rings. The first kappa shape index (κ1) is 12.6. The summed E-state index contributed by atoms with van der Waals surface area (Å²) in [6, 6.07) is 5.30. The summed E-state index contributed by atoms with van der Waals surface area (Å²) in [5, 5.41) is 3.70. The van der Waals surface area contributed by atoms with Gasteiger partial charge in [-0.25, -0.2) is 4.79 Å². The van der Waals surface area contributed by atoms with Gasteiger partial charge in [0.05, 0.1) is 18.7 Å². The lowest BCUT2D eigenvalue weighted by Gasteiger charge is -2.03. The van der Waals surface area contributed by atoms with Crippen LogP contribution < -0.4 is 4.74 Å². The molecule has 0 atom stereocenters. The summed E-state index contributed by atoms with van der Waals surface area (Å²) in [7, 11) is 2.80. The van der Waals surface area contributed by atoms with Crippen LogP contribution in [-0.2, 0) is 4.74 Å². The van der Waals surface area contributed by atoms with Crippen LogP contribution in [0.2, 0.25) is 0 Å². The Balaban J connectivity index is 2.37. The van der Waals surface area contributed by atoms with Crippen molar-refractivity contribution in [2.24, 2.45) is 0 Å². The topological polar surface area (TPSA) is 74.5 Å². The van der Waals surface area contributed by atoms with Crippen molar-refractivity contribution in [3.63, 3.8) is 0 Å². The number of hydrogen-bond donors (Lipinski definition) is 0. The molecule has 0 amide bonds. The number of carbonyl (C=O) groups is 1. The first-order valence-electron chi connectivity index (χ1n) is 4.91. The summed E-state index contributed by atoms with van der Waals surface area (Å²) in [5.74, 6) is 0.0744. The second kappa shape index (κ2) is 5.18. The number of nitrogens with zero attached hydrogens (tertiary/aromatic N) is 2. The molecule has 0 aliphatic carbocycles. The zero-order valence-electron chi connectivity index (χ0n) is 9.64. The minimum absolute atomic E-state index is 0.186. The van der Waals surface area contributed by atoms with Gasteiger partial charge >= 0.3 is 11.9 Å². The largest absolute Gasteiger partial charge is 0.496 e. The smallest absolute Gasteiger partial charge is 0.397 e. The molecule has 0 saturated heterocycles. The number of hydrogen-bond acceptors (Lipinski definition) is 6. The number of rotatable bonds is 3. The summed E-state index contributed by atoms with van der Waals surface area (Å²) < 4.78 is 15.2. The number of carbonyl (C=O) groups excluding carboxylic acids is 1. The first-order chi connectivity index (χ1) is 8.65. The quantitative estimate of drug-likeness (QED) is 0.809. The summed E-state index contributed by atoms with van der Waals surface area (Å²) in [5.41, 5.74) is 0.675. The lowest BCUT2D eigenvalue weighted by Crippen LogP contribution is -2.00. The molecular weight excluding hydrogens is 304 g/mol. The highest BCUT2D eigenvalue weighted by molar-refractivity contribution is 9.10. The minimum Gasteiger partial charge on any atom is -0.496 e. The van der Waals surface area contributed by atoms with Crippen molar-refractivity contribution >= 4 is 21.9 Å². The first-order valence-corrected chi connectivity index (χ1v) is 5.71. The maximum Gasteiger partial charge on any atom is 0.397 e. The van der Waals surface area contributed by atoms with Gasteiger partial charge in [-0.05, 0) is 34.1 Å². The average Bonchev–Trinajstić information content (AvgIpc) is 2.88. The van der Waals surface area contributed by atoms with Gasteiger partial charge in [0, 0.05) is 5.56 Å². The second-order valence-electron chi connectivity index (χ2n) is 3.26. The highest BCUT2D eigenvalue weighted by Crippen LogP contribution is 2.29. The van der Waals surface area contributed by atoms with Crippen molar-refractivity contribution in [3.8, 4) is 17.1 Å². The van der Waals surface area contributed by atoms with Crippen LogP contribution in [-0.4, -0.2) is 30.3 Å². The van der Waals surface area contributed by atoms with Crippen LogP contribution in [0.15, 0.2) is 27.2 Å². The van der Waals surface area contributed by atoms with E-state index in [0.29, 0.717) is 17.1 Å². The van der Waals surface area contributed by atoms with E-state index in [0.717, 1.165) is 4.47 Å². The number of ether oxygens (including phenoxy) is 2. The van der Waals surface area contributed by atoms with E-state index in [4.69, 9.17) is 9.26 Å². The molecule has 0 aliphatic rings. The molecule has 0 N–H and O–H groups in total.